The van der Waals surface area contributed by atoms with Crippen molar-refractivity contribution in [3.63, 3.8) is 0 Å². The van der Waals surface area contributed by atoms with E-state index < -0.39 is 0 Å². The first-order valence-electron chi connectivity index (χ1n) is 4.82. The maximum Gasteiger partial charge on any atom is 0.225 e. The van der Waals surface area contributed by atoms with Crippen LogP contribution in [-0.4, -0.2) is 24.2 Å². The standard InChI is InChI=1S/C10H19NO2/c1-7-5-8(6-13-7)9(12)11-10(2,3)4/h7-8H,5-6H2,1-4H3,(H,11,12). The average Bonchev–Trinajstić information content (AvgIpc) is 2.31. The summed E-state index contributed by atoms with van der Waals surface area (Å²) in [5, 5.41) is 2.96. The summed E-state index contributed by atoms with van der Waals surface area (Å²) in [4.78, 5) is 11.6. The van der Waals surface area contributed by atoms with Crippen LogP contribution in [0.2, 0.25) is 0 Å². The van der Waals surface area contributed by atoms with Gasteiger partial charge in [0, 0.05) is 5.54 Å². The van der Waals surface area contributed by atoms with Gasteiger partial charge in [-0.15, -0.1) is 0 Å². The lowest BCUT2D eigenvalue weighted by Gasteiger charge is -2.22. The zero-order valence-electron chi connectivity index (χ0n) is 8.89. The highest BCUT2D eigenvalue weighted by molar-refractivity contribution is 5.79. The number of rotatable bonds is 1. The average molecular weight is 185 g/mol. The van der Waals surface area contributed by atoms with E-state index in [2.05, 4.69) is 5.32 Å². The number of carbonyl (C=O) groups excluding carboxylic acids is 1. The van der Waals surface area contributed by atoms with Gasteiger partial charge in [-0.05, 0) is 34.1 Å². The van der Waals surface area contributed by atoms with Crippen LogP contribution >= 0.6 is 0 Å². The van der Waals surface area contributed by atoms with Crippen LogP contribution in [0.3, 0.4) is 0 Å². The third-order valence-electron chi connectivity index (χ3n) is 2.07. The van der Waals surface area contributed by atoms with Gasteiger partial charge in [0.1, 0.15) is 0 Å². The lowest BCUT2D eigenvalue weighted by Crippen LogP contribution is -2.44. The molecule has 1 aliphatic heterocycles. The fourth-order valence-corrected chi connectivity index (χ4v) is 1.47. The van der Waals surface area contributed by atoms with E-state index in [1.54, 1.807) is 0 Å². The molecule has 0 aromatic heterocycles. The van der Waals surface area contributed by atoms with E-state index in [1.165, 1.54) is 0 Å². The van der Waals surface area contributed by atoms with E-state index in [1.807, 2.05) is 27.7 Å². The van der Waals surface area contributed by atoms with Crippen molar-refractivity contribution in [3.05, 3.63) is 0 Å². The molecule has 2 atom stereocenters. The predicted molar refractivity (Wildman–Crippen MR) is 51.4 cm³/mol. The molecule has 0 aromatic carbocycles. The van der Waals surface area contributed by atoms with Crippen molar-refractivity contribution in [3.8, 4) is 0 Å². The van der Waals surface area contributed by atoms with Gasteiger partial charge in [-0.2, -0.15) is 0 Å². The molecule has 1 fully saturated rings. The van der Waals surface area contributed by atoms with Crippen LogP contribution in [0, 0.1) is 5.92 Å². The van der Waals surface area contributed by atoms with E-state index in [0.717, 1.165) is 6.42 Å². The summed E-state index contributed by atoms with van der Waals surface area (Å²) in [5.41, 5.74) is -0.136. The number of hydrogen-bond acceptors (Lipinski definition) is 2. The molecule has 3 nitrogen and oxygen atoms in total. The smallest absolute Gasteiger partial charge is 0.225 e. The molecule has 1 saturated heterocycles. The number of carbonyl (C=O) groups is 1. The fourth-order valence-electron chi connectivity index (χ4n) is 1.47. The van der Waals surface area contributed by atoms with Gasteiger partial charge in [0.05, 0.1) is 18.6 Å². The van der Waals surface area contributed by atoms with Crippen LogP contribution in [0.25, 0.3) is 0 Å². The molecule has 1 heterocycles. The molecule has 1 rings (SSSR count). The zero-order chi connectivity index (χ0) is 10.1. The molecule has 1 aliphatic rings. The number of ether oxygens (including phenoxy) is 1. The normalized spacial score (nSPS) is 28.9. The van der Waals surface area contributed by atoms with Crippen molar-refractivity contribution < 1.29 is 9.53 Å². The molecule has 2 unspecified atom stereocenters. The molecule has 0 spiro atoms. The minimum atomic E-state index is -0.136. The third kappa shape index (κ3) is 3.35. The summed E-state index contributed by atoms with van der Waals surface area (Å²) in [5.74, 6) is 0.172. The monoisotopic (exact) mass is 185 g/mol. The largest absolute Gasteiger partial charge is 0.378 e. The number of amides is 1. The SMILES string of the molecule is CC1CC(C(=O)NC(C)(C)C)CO1. The molecule has 1 N–H and O–H groups in total. The van der Waals surface area contributed by atoms with Gasteiger partial charge in [-0.25, -0.2) is 0 Å². The number of hydrogen-bond donors (Lipinski definition) is 1. The van der Waals surface area contributed by atoms with E-state index in [4.69, 9.17) is 4.74 Å². The lowest BCUT2D eigenvalue weighted by atomic mass is 10.0. The maximum absolute atomic E-state index is 11.6. The Bertz CT molecular complexity index is 196. The molecule has 0 bridgehead atoms. The van der Waals surface area contributed by atoms with Crippen LogP contribution in [0.4, 0.5) is 0 Å². The van der Waals surface area contributed by atoms with Gasteiger partial charge in [0.25, 0.3) is 0 Å². The first-order valence-corrected chi connectivity index (χ1v) is 4.82. The molecule has 1 amide bonds. The summed E-state index contributed by atoms with van der Waals surface area (Å²) < 4.78 is 5.34. The fraction of sp³-hybridized carbons (Fsp3) is 0.900. The second kappa shape index (κ2) is 3.66. The Morgan fingerprint density at radius 1 is 1.46 bits per heavy atom. The van der Waals surface area contributed by atoms with Crippen LogP contribution in [-0.2, 0) is 9.53 Å². The van der Waals surface area contributed by atoms with Gasteiger partial charge >= 0.3 is 0 Å². The second-order valence-corrected chi connectivity index (χ2v) is 4.82. The Labute approximate surface area is 79.8 Å². The Hall–Kier alpha value is -0.570. The first kappa shape index (κ1) is 10.5. The van der Waals surface area contributed by atoms with Crippen LogP contribution < -0.4 is 5.32 Å². The second-order valence-electron chi connectivity index (χ2n) is 4.82. The summed E-state index contributed by atoms with van der Waals surface area (Å²) in [6.45, 7) is 8.55. The Balaban J connectivity index is 2.41. The van der Waals surface area contributed by atoms with Crippen molar-refractivity contribution in [2.24, 2.45) is 5.92 Å². The van der Waals surface area contributed by atoms with E-state index in [0.29, 0.717) is 6.61 Å². The van der Waals surface area contributed by atoms with Crippen LogP contribution in [0.5, 0.6) is 0 Å². The Morgan fingerprint density at radius 3 is 2.46 bits per heavy atom. The summed E-state index contributed by atoms with van der Waals surface area (Å²) >= 11 is 0. The molecular formula is C10H19NO2. The zero-order valence-corrected chi connectivity index (χ0v) is 8.89. The molecule has 0 aromatic rings. The lowest BCUT2D eigenvalue weighted by molar-refractivity contribution is -0.126. The Kier molecular flexibility index (Phi) is 2.96. The van der Waals surface area contributed by atoms with Crippen molar-refractivity contribution in [1.29, 1.82) is 0 Å². The van der Waals surface area contributed by atoms with Crippen molar-refractivity contribution >= 4 is 5.91 Å². The van der Waals surface area contributed by atoms with Crippen molar-refractivity contribution in [2.45, 2.75) is 45.8 Å². The Morgan fingerprint density at radius 2 is 2.08 bits per heavy atom. The van der Waals surface area contributed by atoms with Crippen molar-refractivity contribution in [2.75, 3.05) is 6.61 Å². The quantitative estimate of drug-likeness (QED) is 0.669. The maximum atomic E-state index is 11.6. The first-order chi connectivity index (χ1) is 5.88. The molecule has 13 heavy (non-hydrogen) atoms. The summed E-state index contributed by atoms with van der Waals surface area (Å²) in [6.07, 6.45) is 1.08. The number of nitrogens with one attached hydrogen (secondary N) is 1. The minimum absolute atomic E-state index is 0.0502. The predicted octanol–water partition coefficient (Wildman–Crippen LogP) is 1.33. The highest BCUT2D eigenvalue weighted by Crippen LogP contribution is 2.19. The minimum Gasteiger partial charge on any atom is -0.378 e. The third-order valence-corrected chi connectivity index (χ3v) is 2.07. The molecular weight excluding hydrogens is 166 g/mol. The summed E-state index contributed by atoms with van der Waals surface area (Å²) in [6, 6.07) is 0. The van der Waals surface area contributed by atoms with Gasteiger partial charge < -0.3 is 10.1 Å². The van der Waals surface area contributed by atoms with Crippen LogP contribution in [0.15, 0.2) is 0 Å². The van der Waals surface area contributed by atoms with E-state index >= 15 is 0 Å². The van der Waals surface area contributed by atoms with Gasteiger partial charge in [0.2, 0.25) is 5.91 Å². The van der Waals surface area contributed by atoms with Gasteiger partial charge in [0.15, 0.2) is 0 Å². The highest BCUT2D eigenvalue weighted by Gasteiger charge is 2.29. The van der Waals surface area contributed by atoms with Gasteiger partial charge in [-0.3, -0.25) is 4.79 Å². The molecule has 0 saturated carbocycles. The molecule has 3 heteroatoms. The van der Waals surface area contributed by atoms with Gasteiger partial charge in [-0.1, -0.05) is 0 Å². The van der Waals surface area contributed by atoms with Crippen molar-refractivity contribution in [1.82, 2.24) is 5.32 Å². The topological polar surface area (TPSA) is 38.3 Å². The summed E-state index contributed by atoms with van der Waals surface area (Å²) in [7, 11) is 0. The molecule has 76 valence electrons. The van der Waals surface area contributed by atoms with E-state index in [9.17, 15) is 4.79 Å². The van der Waals surface area contributed by atoms with Crippen LogP contribution in [0.1, 0.15) is 34.1 Å². The van der Waals surface area contributed by atoms with E-state index in [-0.39, 0.29) is 23.5 Å². The molecule has 0 radical (unpaired) electrons. The molecule has 0 aliphatic carbocycles. The highest BCUT2D eigenvalue weighted by atomic mass is 16.5.